The Morgan fingerprint density at radius 3 is 2.64 bits per heavy atom. The van der Waals surface area contributed by atoms with Gasteiger partial charge in [-0.1, -0.05) is 20.8 Å². The molecule has 2 N–H and O–H groups in total. The van der Waals surface area contributed by atoms with Crippen LogP contribution in [-0.4, -0.2) is 9.38 Å². The molecule has 2 aromatic heterocycles. The van der Waals surface area contributed by atoms with Crippen molar-refractivity contribution in [2.45, 2.75) is 26.2 Å². The van der Waals surface area contributed by atoms with E-state index in [1.54, 1.807) is 6.20 Å². The van der Waals surface area contributed by atoms with Gasteiger partial charge in [-0.25, -0.2) is 4.98 Å². The highest BCUT2D eigenvalue weighted by Gasteiger charge is 2.17. The molecule has 0 aliphatic carbocycles. The fourth-order valence-corrected chi connectivity index (χ4v) is 1.68. The lowest BCUT2D eigenvalue weighted by atomic mass is 9.92. The Kier molecular flexibility index (Phi) is 1.77. The summed E-state index contributed by atoms with van der Waals surface area (Å²) in [5.41, 5.74) is 8.14. The largest absolute Gasteiger partial charge is 0.382 e. The zero-order valence-electron chi connectivity index (χ0n) is 8.78. The van der Waals surface area contributed by atoms with Crippen LogP contribution in [0.2, 0.25) is 0 Å². The van der Waals surface area contributed by atoms with Gasteiger partial charge >= 0.3 is 0 Å². The number of aromatic nitrogens is 2. The smallest absolute Gasteiger partial charge is 0.147 e. The van der Waals surface area contributed by atoms with Gasteiger partial charge in [0.15, 0.2) is 0 Å². The predicted molar refractivity (Wildman–Crippen MR) is 58.3 cm³/mol. The second kappa shape index (κ2) is 2.74. The van der Waals surface area contributed by atoms with E-state index >= 15 is 0 Å². The molecular formula is C11H15N3. The second-order valence-electron chi connectivity index (χ2n) is 4.54. The Hall–Kier alpha value is -1.51. The monoisotopic (exact) mass is 189 g/mol. The minimum Gasteiger partial charge on any atom is -0.382 e. The maximum atomic E-state index is 5.78. The van der Waals surface area contributed by atoms with E-state index in [0.717, 1.165) is 5.52 Å². The molecule has 14 heavy (non-hydrogen) atoms. The summed E-state index contributed by atoms with van der Waals surface area (Å²) in [7, 11) is 0. The summed E-state index contributed by atoms with van der Waals surface area (Å²) < 4.78 is 2.10. The van der Waals surface area contributed by atoms with E-state index in [1.165, 1.54) is 5.69 Å². The van der Waals surface area contributed by atoms with Gasteiger partial charge in [0.25, 0.3) is 0 Å². The van der Waals surface area contributed by atoms with E-state index in [0.29, 0.717) is 5.82 Å². The van der Waals surface area contributed by atoms with Crippen LogP contribution in [0.15, 0.2) is 24.5 Å². The van der Waals surface area contributed by atoms with Crippen molar-refractivity contribution in [1.29, 1.82) is 0 Å². The molecule has 0 saturated carbocycles. The summed E-state index contributed by atoms with van der Waals surface area (Å²) in [5, 5.41) is 0. The maximum Gasteiger partial charge on any atom is 0.147 e. The molecule has 0 aliphatic heterocycles. The van der Waals surface area contributed by atoms with Crippen LogP contribution >= 0.6 is 0 Å². The first kappa shape index (κ1) is 9.06. The van der Waals surface area contributed by atoms with E-state index in [9.17, 15) is 0 Å². The van der Waals surface area contributed by atoms with Gasteiger partial charge in [-0.3, -0.25) is 0 Å². The molecule has 0 aromatic carbocycles. The number of nitrogen functional groups attached to an aromatic ring is 1. The number of anilines is 1. The van der Waals surface area contributed by atoms with E-state index in [1.807, 2.05) is 12.3 Å². The van der Waals surface area contributed by atoms with Crippen molar-refractivity contribution in [3.8, 4) is 0 Å². The summed E-state index contributed by atoms with van der Waals surface area (Å²) in [6.45, 7) is 6.56. The lowest BCUT2D eigenvalue weighted by Gasteiger charge is -2.18. The molecule has 2 heterocycles. The summed E-state index contributed by atoms with van der Waals surface area (Å²) in [5.74, 6) is 0.586. The minimum atomic E-state index is 0.125. The van der Waals surface area contributed by atoms with Gasteiger partial charge in [0.1, 0.15) is 5.82 Å². The van der Waals surface area contributed by atoms with Crippen molar-refractivity contribution in [2.24, 2.45) is 0 Å². The van der Waals surface area contributed by atoms with Crippen LogP contribution in [0.1, 0.15) is 26.5 Å². The van der Waals surface area contributed by atoms with Gasteiger partial charge in [-0.2, -0.15) is 0 Å². The number of nitrogens with zero attached hydrogens (tertiary/aromatic N) is 2. The van der Waals surface area contributed by atoms with E-state index in [-0.39, 0.29) is 5.41 Å². The van der Waals surface area contributed by atoms with Gasteiger partial charge in [0.05, 0.1) is 5.52 Å². The summed E-state index contributed by atoms with van der Waals surface area (Å²) in [6, 6.07) is 4.12. The summed E-state index contributed by atoms with van der Waals surface area (Å²) in [4.78, 5) is 4.06. The van der Waals surface area contributed by atoms with Gasteiger partial charge in [0, 0.05) is 23.5 Å². The van der Waals surface area contributed by atoms with Crippen molar-refractivity contribution >= 4 is 11.3 Å². The SMILES string of the molecule is CC(C)(C)c1ccc2c(N)nccn12. The Labute approximate surface area is 83.6 Å². The molecule has 2 aromatic rings. The lowest BCUT2D eigenvalue weighted by molar-refractivity contribution is 0.564. The standard InChI is InChI=1S/C11H15N3/c1-11(2,3)9-5-4-8-10(12)13-6-7-14(8)9/h4-7H,1-3H3,(H2,12,13). The van der Waals surface area contributed by atoms with Crippen LogP contribution in [0.5, 0.6) is 0 Å². The van der Waals surface area contributed by atoms with Crippen LogP contribution in [0.4, 0.5) is 5.82 Å². The van der Waals surface area contributed by atoms with Crippen LogP contribution in [0.25, 0.3) is 5.52 Å². The third kappa shape index (κ3) is 1.25. The third-order valence-electron chi connectivity index (χ3n) is 2.38. The molecule has 0 radical (unpaired) electrons. The van der Waals surface area contributed by atoms with Crippen molar-refractivity contribution in [2.75, 3.05) is 5.73 Å². The number of hydrogen-bond donors (Lipinski definition) is 1. The molecule has 3 heteroatoms. The van der Waals surface area contributed by atoms with Crippen molar-refractivity contribution in [3.05, 3.63) is 30.2 Å². The molecule has 0 fully saturated rings. The zero-order valence-corrected chi connectivity index (χ0v) is 8.78. The lowest BCUT2D eigenvalue weighted by Crippen LogP contribution is -2.14. The van der Waals surface area contributed by atoms with Crippen LogP contribution in [0.3, 0.4) is 0 Å². The molecule has 3 nitrogen and oxygen atoms in total. The quantitative estimate of drug-likeness (QED) is 0.690. The molecule has 0 amide bonds. The minimum absolute atomic E-state index is 0.125. The first-order valence-electron chi connectivity index (χ1n) is 4.72. The highest BCUT2D eigenvalue weighted by Crippen LogP contribution is 2.25. The van der Waals surface area contributed by atoms with E-state index in [2.05, 4.69) is 36.2 Å². The van der Waals surface area contributed by atoms with Crippen molar-refractivity contribution in [3.63, 3.8) is 0 Å². The molecule has 0 aliphatic rings. The molecule has 0 spiro atoms. The first-order valence-corrected chi connectivity index (χ1v) is 4.72. The molecule has 74 valence electrons. The predicted octanol–water partition coefficient (Wildman–Crippen LogP) is 2.21. The maximum absolute atomic E-state index is 5.78. The molecular weight excluding hydrogens is 174 g/mol. The number of hydrogen-bond acceptors (Lipinski definition) is 2. The van der Waals surface area contributed by atoms with Gasteiger partial charge in [0.2, 0.25) is 0 Å². The van der Waals surface area contributed by atoms with Gasteiger partial charge in [-0.05, 0) is 12.1 Å². The van der Waals surface area contributed by atoms with Crippen LogP contribution in [0, 0.1) is 0 Å². The van der Waals surface area contributed by atoms with E-state index in [4.69, 9.17) is 5.73 Å². The second-order valence-corrected chi connectivity index (χ2v) is 4.54. The fourth-order valence-electron chi connectivity index (χ4n) is 1.68. The van der Waals surface area contributed by atoms with Crippen molar-refractivity contribution in [1.82, 2.24) is 9.38 Å². The first-order chi connectivity index (χ1) is 6.50. The Bertz CT molecular complexity index is 463. The molecule has 2 rings (SSSR count). The van der Waals surface area contributed by atoms with E-state index < -0.39 is 0 Å². The average Bonchev–Trinajstić information content (AvgIpc) is 2.47. The van der Waals surface area contributed by atoms with Gasteiger partial charge in [-0.15, -0.1) is 0 Å². The molecule has 0 saturated heterocycles. The molecule has 0 bridgehead atoms. The zero-order chi connectivity index (χ0) is 10.3. The molecule has 0 atom stereocenters. The Morgan fingerprint density at radius 1 is 1.29 bits per heavy atom. The molecule has 0 unspecified atom stereocenters. The average molecular weight is 189 g/mol. The normalized spacial score (nSPS) is 12.2. The number of rotatable bonds is 0. The van der Waals surface area contributed by atoms with Crippen molar-refractivity contribution < 1.29 is 0 Å². The van der Waals surface area contributed by atoms with Crippen LogP contribution < -0.4 is 5.73 Å². The Balaban J connectivity index is 2.76. The fraction of sp³-hybridized carbons (Fsp3) is 0.364. The summed E-state index contributed by atoms with van der Waals surface area (Å²) >= 11 is 0. The topological polar surface area (TPSA) is 43.3 Å². The number of fused-ring (bicyclic) bond motifs is 1. The van der Waals surface area contributed by atoms with Crippen LogP contribution in [-0.2, 0) is 5.41 Å². The van der Waals surface area contributed by atoms with Gasteiger partial charge < -0.3 is 10.1 Å². The third-order valence-corrected chi connectivity index (χ3v) is 2.38. The Morgan fingerprint density at radius 2 is 2.00 bits per heavy atom. The highest BCUT2D eigenvalue weighted by molar-refractivity contribution is 5.66. The number of nitrogens with two attached hydrogens (primary N) is 1. The summed E-state index contributed by atoms with van der Waals surface area (Å²) in [6.07, 6.45) is 3.68. The highest BCUT2D eigenvalue weighted by atomic mass is 15.0.